The quantitative estimate of drug-likeness (QED) is 0.634. The average Bonchev–Trinajstić information content (AvgIpc) is 2.52. The summed E-state index contributed by atoms with van der Waals surface area (Å²) in [4.78, 5) is 11.2. The van der Waals surface area contributed by atoms with Crippen LogP contribution in [0.3, 0.4) is 0 Å². The van der Waals surface area contributed by atoms with Crippen LogP contribution in [0.15, 0.2) is 0 Å². The van der Waals surface area contributed by atoms with Gasteiger partial charge >= 0.3 is 0 Å². The van der Waals surface area contributed by atoms with Crippen LogP contribution >= 0.6 is 0 Å². The van der Waals surface area contributed by atoms with Gasteiger partial charge in [-0.25, -0.2) is 0 Å². The number of hydrogen-bond acceptors (Lipinski definition) is 4. The minimum Gasteiger partial charge on any atom is -0.377 e. The van der Waals surface area contributed by atoms with Crippen molar-refractivity contribution < 1.29 is 14.3 Å². The SMILES string of the molecule is COCC(=O)C1CCC(CN)O1. The van der Waals surface area contributed by atoms with E-state index in [0.29, 0.717) is 6.54 Å². The summed E-state index contributed by atoms with van der Waals surface area (Å²) in [6.45, 7) is 0.638. The number of carbonyl (C=O) groups excluding carboxylic acids is 1. The molecule has 12 heavy (non-hydrogen) atoms. The lowest BCUT2D eigenvalue weighted by atomic mass is 10.1. The van der Waals surface area contributed by atoms with Gasteiger partial charge in [0.1, 0.15) is 12.7 Å². The molecule has 2 N–H and O–H groups in total. The van der Waals surface area contributed by atoms with Gasteiger partial charge in [-0.3, -0.25) is 4.79 Å². The maximum atomic E-state index is 11.2. The molecule has 0 radical (unpaired) electrons. The highest BCUT2D eigenvalue weighted by Crippen LogP contribution is 2.19. The van der Waals surface area contributed by atoms with Gasteiger partial charge in [0.05, 0.1) is 6.10 Å². The second-order valence-corrected chi connectivity index (χ2v) is 2.96. The first kappa shape index (κ1) is 9.64. The number of ketones is 1. The van der Waals surface area contributed by atoms with Crippen molar-refractivity contribution in [3.05, 3.63) is 0 Å². The molecule has 0 aromatic heterocycles. The minimum atomic E-state index is -0.279. The number of Topliss-reactive ketones (excluding diaryl/α,β-unsaturated/α-hetero) is 1. The van der Waals surface area contributed by atoms with E-state index in [2.05, 4.69) is 0 Å². The summed E-state index contributed by atoms with van der Waals surface area (Å²) in [6, 6.07) is 0. The zero-order valence-electron chi connectivity index (χ0n) is 7.29. The maximum Gasteiger partial charge on any atom is 0.187 e. The molecule has 1 aliphatic rings. The Morgan fingerprint density at radius 3 is 2.92 bits per heavy atom. The van der Waals surface area contributed by atoms with Crippen LogP contribution in [0.1, 0.15) is 12.8 Å². The van der Waals surface area contributed by atoms with Crippen LogP contribution in [-0.2, 0) is 14.3 Å². The predicted octanol–water partition coefficient (Wildman–Crippen LogP) is -0.292. The predicted molar refractivity (Wildman–Crippen MR) is 43.8 cm³/mol. The van der Waals surface area contributed by atoms with E-state index in [1.54, 1.807) is 0 Å². The van der Waals surface area contributed by atoms with Gasteiger partial charge in [0.25, 0.3) is 0 Å². The summed E-state index contributed by atoms with van der Waals surface area (Å²) >= 11 is 0. The summed E-state index contributed by atoms with van der Waals surface area (Å²) in [5.74, 6) is 0.0217. The van der Waals surface area contributed by atoms with Crippen molar-refractivity contribution in [2.45, 2.75) is 25.0 Å². The second kappa shape index (κ2) is 4.54. The van der Waals surface area contributed by atoms with Gasteiger partial charge in [-0.2, -0.15) is 0 Å². The van der Waals surface area contributed by atoms with Gasteiger partial charge in [0, 0.05) is 13.7 Å². The van der Waals surface area contributed by atoms with Crippen molar-refractivity contribution in [3.63, 3.8) is 0 Å². The fourth-order valence-corrected chi connectivity index (χ4v) is 1.35. The van der Waals surface area contributed by atoms with E-state index in [1.165, 1.54) is 7.11 Å². The Balaban J connectivity index is 2.31. The molecule has 1 rings (SSSR count). The molecule has 0 spiro atoms. The summed E-state index contributed by atoms with van der Waals surface area (Å²) in [5.41, 5.74) is 5.40. The Kier molecular flexibility index (Phi) is 3.65. The summed E-state index contributed by atoms with van der Waals surface area (Å²) in [5, 5.41) is 0. The topological polar surface area (TPSA) is 61.5 Å². The van der Waals surface area contributed by atoms with Gasteiger partial charge in [-0.15, -0.1) is 0 Å². The maximum absolute atomic E-state index is 11.2. The van der Waals surface area contributed by atoms with Gasteiger partial charge in [0.15, 0.2) is 5.78 Å². The van der Waals surface area contributed by atoms with E-state index in [1.807, 2.05) is 0 Å². The van der Waals surface area contributed by atoms with E-state index in [4.69, 9.17) is 15.2 Å². The summed E-state index contributed by atoms with van der Waals surface area (Å²) in [6.07, 6.45) is 1.45. The van der Waals surface area contributed by atoms with Crippen molar-refractivity contribution >= 4 is 5.78 Å². The molecule has 1 heterocycles. The van der Waals surface area contributed by atoms with Crippen LogP contribution in [0, 0.1) is 0 Å². The Hall–Kier alpha value is -0.450. The van der Waals surface area contributed by atoms with E-state index in [-0.39, 0.29) is 24.6 Å². The van der Waals surface area contributed by atoms with E-state index in [9.17, 15) is 4.79 Å². The van der Waals surface area contributed by atoms with Crippen LogP contribution in [0.5, 0.6) is 0 Å². The highest BCUT2D eigenvalue weighted by atomic mass is 16.5. The number of nitrogens with two attached hydrogens (primary N) is 1. The van der Waals surface area contributed by atoms with Gasteiger partial charge in [-0.1, -0.05) is 0 Å². The molecule has 0 aromatic rings. The lowest BCUT2D eigenvalue weighted by Gasteiger charge is -2.10. The fourth-order valence-electron chi connectivity index (χ4n) is 1.35. The zero-order valence-corrected chi connectivity index (χ0v) is 7.29. The highest BCUT2D eigenvalue weighted by Gasteiger charge is 2.29. The molecule has 2 unspecified atom stereocenters. The van der Waals surface area contributed by atoms with E-state index in [0.717, 1.165) is 12.8 Å². The molecule has 4 heteroatoms. The standard InChI is InChI=1S/C8H15NO3/c1-11-5-7(10)8-3-2-6(4-9)12-8/h6,8H,2-5,9H2,1H3. The molecule has 0 aromatic carbocycles. The number of ether oxygens (including phenoxy) is 2. The van der Waals surface area contributed by atoms with Crippen molar-refractivity contribution in [2.75, 3.05) is 20.3 Å². The van der Waals surface area contributed by atoms with Crippen LogP contribution < -0.4 is 5.73 Å². The van der Waals surface area contributed by atoms with Crippen molar-refractivity contribution in [1.82, 2.24) is 0 Å². The molecule has 1 fully saturated rings. The number of methoxy groups -OCH3 is 1. The van der Waals surface area contributed by atoms with Crippen LogP contribution in [-0.4, -0.2) is 38.3 Å². The lowest BCUT2D eigenvalue weighted by molar-refractivity contribution is -0.133. The van der Waals surface area contributed by atoms with Gasteiger partial charge in [0.2, 0.25) is 0 Å². The molecule has 0 saturated carbocycles. The minimum absolute atomic E-state index is 0.0217. The van der Waals surface area contributed by atoms with Crippen LogP contribution in [0.4, 0.5) is 0 Å². The third kappa shape index (κ3) is 2.27. The van der Waals surface area contributed by atoms with Crippen molar-refractivity contribution in [2.24, 2.45) is 5.73 Å². The lowest BCUT2D eigenvalue weighted by Crippen LogP contribution is -2.27. The van der Waals surface area contributed by atoms with Gasteiger partial charge < -0.3 is 15.2 Å². The molecule has 4 nitrogen and oxygen atoms in total. The smallest absolute Gasteiger partial charge is 0.187 e. The molecule has 0 aliphatic carbocycles. The van der Waals surface area contributed by atoms with Gasteiger partial charge in [-0.05, 0) is 12.8 Å². The third-order valence-corrected chi connectivity index (χ3v) is 2.02. The first-order valence-corrected chi connectivity index (χ1v) is 4.15. The molecular formula is C8H15NO3. The Bertz CT molecular complexity index is 160. The number of carbonyl (C=O) groups is 1. The number of rotatable bonds is 4. The fraction of sp³-hybridized carbons (Fsp3) is 0.875. The average molecular weight is 173 g/mol. The van der Waals surface area contributed by atoms with Crippen LogP contribution in [0.25, 0.3) is 0 Å². The Morgan fingerprint density at radius 2 is 2.42 bits per heavy atom. The highest BCUT2D eigenvalue weighted by molar-refractivity contribution is 5.84. The molecule has 1 saturated heterocycles. The second-order valence-electron chi connectivity index (χ2n) is 2.96. The van der Waals surface area contributed by atoms with E-state index < -0.39 is 0 Å². The number of hydrogen-bond donors (Lipinski definition) is 1. The molecule has 2 atom stereocenters. The monoisotopic (exact) mass is 173 g/mol. The normalized spacial score (nSPS) is 29.2. The molecule has 70 valence electrons. The van der Waals surface area contributed by atoms with Crippen molar-refractivity contribution in [3.8, 4) is 0 Å². The summed E-state index contributed by atoms with van der Waals surface area (Å²) in [7, 11) is 1.51. The zero-order chi connectivity index (χ0) is 8.97. The van der Waals surface area contributed by atoms with Crippen LogP contribution in [0.2, 0.25) is 0 Å². The van der Waals surface area contributed by atoms with E-state index >= 15 is 0 Å². The first-order valence-electron chi connectivity index (χ1n) is 4.15. The van der Waals surface area contributed by atoms with Crippen molar-refractivity contribution in [1.29, 1.82) is 0 Å². The molecular weight excluding hydrogens is 158 g/mol. The first-order chi connectivity index (χ1) is 5.77. The molecule has 1 aliphatic heterocycles. The molecule has 0 bridgehead atoms. The third-order valence-electron chi connectivity index (χ3n) is 2.02. The molecule has 0 amide bonds. The largest absolute Gasteiger partial charge is 0.377 e. The summed E-state index contributed by atoms with van der Waals surface area (Å²) < 4.78 is 10.1. The Labute approximate surface area is 72.0 Å². The Morgan fingerprint density at radius 1 is 1.67 bits per heavy atom.